The normalized spacial score (nSPS) is 22.6. The van der Waals surface area contributed by atoms with Crippen LogP contribution in [0.25, 0.3) is 0 Å². The quantitative estimate of drug-likeness (QED) is 0.739. The molecule has 0 amide bonds. The van der Waals surface area contributed by atoms with Gasteiger partial charge in [-0.3, -0.25) is 0 Å². The highest BCUT2D eigenvalue weighted by molar-refractivity contribution is 5.18. The maximum Gasteiger partial charge on any atom is 0.0297 e. The van der Waals surface area contributed by atoms with E-state index in [0.717, 1.165) is 0 Å². The largest absolute Gasteiger partial charge is 0.304 e. The molecule has 0 heterocycles. The van der Waals surface area contributed by atoms with Crippen LogP contribution in [0.15, 0.2) is 42.5 Å². The smallest absolute Gasteiger partial charge is 0.0297 e. The lowest BCUT2D eigenvalue weighted by molar-refractivity contribution is 0.467. The van der Waals surface area contributed by atoms with E-state index in [9.17, 15) is 0 Å². The molecule has 1 nitrogen and oxygen atoms in total. The monoisotopic (exact) mass is 201 g/mol. The number of rotatable bonds is 3. The lowest BCUT2D eigenvalue weighted by Gasteiger charge is -2.23. The number of benzene rings is 1. The first-order valence-electron chi connectivity index (χ1n) is 5.84. The summed E-state index contributed by atoms with van der Waals surface area (Å²) in [5, 5.41) is 3.65. The molecule has 2 atom stereocenters. The fourth-order valence-electron chi connectivity index (χ4n) is 2.11. The first-order chi connectivity index (χ1) is 7.36. The Morgan fingerprint density at radius 1 is 1.27 bits per heavy atom. The van der Waals surface area contributed by atoms with E-state index in [1.807, 2.05) is 0 Å². The standard InChI is InChI=1S/C14H19N/c1-12(13-8-4-2-5-9-13)15-14-10-6-3-7-11-14/h2,4-6,8-10,12,14-15H,3,7,11H2,1H3/t12-,14?/m1/s1. The number of hydrogen-bond acceptors (Lipinski definition) is 1. The molecule has 0 aromatic heterocycles. The van der Waals surface area contributed by atoms with E-state index in [0.29, 0.717) is 12.1 Å². The maximum absolute atomic E-state index is 3.65. The Morgan fingerprint density at radius 2 is 2.07 bits per heavy atom. The van der Waals surface area contributed by atoms with Crippen molar-refractivity contribution in [2.24, 2.45) is 0 Å². The van der Waals surface area contributed by atoms with E-state index in [2.05, 4.69) is 54.7 Å². The van der Waals surface area contributed by atoms with Crippen LogP contribution in [-0.2, 0) is 0 Å². The molecule has 1 aromatic rings. The Kier molecular flexibility index (Phi) is 3.57. The SMILES string of the molecule is C[C@@H](NC1C=CCCC1)c1ccccc1. The topological polar surface area (TPSA) is 12.0 Å². The van der Waals surface area contributed by atoms with E-state index in [-0.39, 0.29) is 0 Å². The molecule has 1 aliphatic rings. The first-order valence-corrected chi connectivity index (χ1v) is 5.84. The average molecular weight is 201 g/mol. The second-order valence-electron chi connectivity index (χ2n) is 4.26. The molecule has 15 heavy (non-hydrogen) atoms. The van der Waals surface area contributed by atoms with Crippen LogP contribution in [0.4, 0.5) is 0 Å². The summed E-state index contributed by atoms with van der Waals surface area (Å²) in [4.78, 5) is 0. The molecule has 80 valence electrons. The minimum atomic E-state index is 0.443. The summed E-state index contributed by atoms with van der Waals surface area (Å²) in [6.07, 6.45) is 8.43. The Labute approximate surface area is 92.2 Å². The van der Waals surface area contributed by atoms with Crippen molar-refractivity contribution in [3.8, 4) is 0 Å². The highest BCUT2D eigenvalue weighted by Gasteiger charge is 2.12. The summed E-state index contributed by atoms with van der Waals surface area (Å²) < 4.78 is 0. The highest BCUT2D eigenvalue weighted by Crippen LogP contribution is 2.16. The Bertz CT molecular complexity index is 315. The van der Waals surface area contributed by atoms with Crippen LogP contribution in [0.5, 0.6) is 0 Å². The van der Waals surface area contributed by atoms with E-state index in [4.69, 9.17) is 0 Å². The van der Waals surface area contributed by atoms with Gasteiger partial charge in [-0.05, 0) is 31.7 Å². The van der Waals surface area contributed by atoms with Crippen molar-refractivity contribution in [2.75, 3.05) is 0 Å². The molecule has 0 saturated carbocycles. The fourth-order valence-corrected chi connectivity index (χ4v) is 2.11. The Hall–Kier alpha value is -1.08. The van der Waals surface area contributed by atoms with Gasteiger partial charge in [0.05, 0.1) is 0 Å². The molecule has 0 fully saturated rings. The molecular formula is C14H19N. The van der Waals surface area contributed by atoms with Crippen LogP contribution in [0, 0.1) is 0 Å². The van der Waals surface area contributed by atoms with Crippen molar-refractivity contribution in [1.29, 1.82) is 0 Å². The Morgan fingerprint density at radius 3 is 2.73 bits per heavy atom. The molecule has 0 saturated heterocycles. The van der Waals surface area contributed by atoms with Gasteiger partial charge in [0.2, 0.25) is 0 Å². The predicted octanol–water partition coefficient (Wildman–Crippen LogP) is 3.45. The van der Waals surface area contributed by atoms with E-state index >= 15 is 0 Å². The number of nitrogens with one attached hydrogen (secondary N) is 1. The van der Waals surface area contributed by atoms with Crippen molar-refractivity contribution in [3.05, 3.63) is 48.0 Å². The summed E-state index contributed by atoms with van der Waals surface area (Å²) in [7, 11) is 0. The van der Waals surface area contributed by atoms with Crippen LogP contribution >= 0.6 is 0 Å². The molecular weight excluding hydrogens is 182 g/mol. The van der Waals surface area contributed by atoms with Gasteiger partial charge in [-0.25, -0.2) is 0 Å². The lowest BCUT2D eigenvalue weighted by Crippen LogP contribution is -2.30. The van der Waals surface area contributed by atoms with Gasteiger partial charge in [-0.15, -0.1) is 0 Å². The van der Waals surface area contributed by atoms with Crippen LogP contribution in [0.3, 0.4) is 0 Å². The van der Waals surface area contributed by atoms with Gasteiger partial charge in [0.25, 0.3) is 0 Å². The summed E-state index contributed by atoms with van der Waals surface area (Å²) in [6, 6.07) is 11.6. The van der Waals surface area contributed by atoms with Crippen molar-refractivity contribution in [1.82, 2.24) is 5.32 Å². The van der Waals surface area contributed by atoms with Gasteiger partial charge in [-0.2, -0.15) is 0 Å². The molecule has 0 bridgehead atoms. The zero-order valence-electron chi connectivity index (χ0n) is 9.32. The minimum Gasteiger partial charge on any atom is -0.304 e. The summed E-state index contributed by atoms with van der Waals surface area (Å²) in [5.41, 5.74) is 1.37. The van der Waals surface area contributed by atoms with Crippen LogP contribution in [0.2, 0.25) is 0 Å². The molecule has 1 aliphatic carbocycles. The molecule has 2 rings (SSSR count). The second-order valence-corrected chi connectivity index (χ2v) is 4.26. The van der Waals surface area contributed by atoms with Gasteiger partial charge >= 0.3 is 0 Å². The van der Waals surface area contributed by atoms with Crippen molar-refractivity contribution in [2.45, 2.75) is 38.3 Å². The minimum absolute atomic E-state index is 0.443. The zero-order valence-corrected chi connectivity index (χ0v) is 9.32. The van der Waals surface area contributed by atoms with Gasteiger partial charge < -0.3 is 5.32 Å². The maximum atomic E-state index is 3.65. The highest BCUT2D eigenvalue weighted by atomic mass is 14.9. The molecule has 0 spiro atoms. The van der Waals surface area contributed by atoms with Gasteiger partial charge in [0.15, 0.2) is 0 Å². The zero-order chi connectivity index (χ0) is 10.5. The van der Waals surface area contributed by atoms with Crippen LogP contribution in [0.1, 0.15) is 37.8 Å². The molecule has 0 radical (unpaired) electrons. The lowest BCUT2D eigenvalue weighted by atomic mass is 10.0. The van der Waals surface area contributed by atoms with Crippen LogP contribution < -0.4 is 5.32 Å². The van der Waals surface area contributed by atoms with Crippen molar-refractivity contribution in [3.63, 3.8) is 0 Å². The van der Waals surface area contributed by atoms with Crippen molar-refractivity contribution >= 4 is 0 Å². The molecule has 0 aliphatic heterocycles. The third-order valence-corrected chi connectivity index (χ3v) is 3.02. The van der Waals surface area contributed by atoms with Crippen molar-refractivity contribution < 1.29 is 0 Å². The Balaban J connectivity index is 1.94. The van der Waals surface area contributed by atoms with Gasteiger partial charge in [-0.1, -0.05) is 42.5 Å². The summed E-state index contributed by atoms with van der Waals surface area (Å²) in [5.74, 6) is 0. The molecule has 1 aromatic carbocycles. The van der Waals surface area contributed by atoms with E-state index in [1.54, 1.807) is 0 Å². The third kappa shape index (κ3) is 2.93. The summed E-state index contributed by atoms with van der Waals surface area (Å²) in [6.45, 7) is 2.23. The molecule has 1 unspecified atom stereocenters. The van der Waals surface area contributed by atoms with E-state index in [1.165, 1.54) is 24.8 Å². The third-order valence-electron chi connectivity index (χ3n) is 3.02. The molecule has 1 N–H and O–H groups in total. The first kappa shape index (κ1) is 10.4. The fraction of sp³-hybridized carbons (Fsp3) is 0.429. The van der Waals surface area contributed by atoms with E-state index < -0.39 is 0 Å². The number of hydrogen-bond donors (Lipinski definition) is 1. The predicted molar refractivity (Wildman–Crippen MR) is 64.8 cm³/mol. The second kappa shape index (κ2) is 5.13. The molecule has 1 heteroatoms. The van der Waals surface area contributed by atoms with Gasteiger partial charge in [0.1, 0.15) is 0 Å². The van der Waals surface area contributed by atoms with Gasteiger partial charge in [0, 0.05) is 12.1 Å². The summed E-state index contributed by atoms with van der Waals surface area (Å²) >= 11 is 0. The number of allylic oxidation sites excluding steroid dienone is 1. The average Bonchev–Trinajstić information content (AvgIpc) is 2.31. The van der Waals surface area contributed by atoms with Crippen LogP contribution in [-0.4, -0.2) is 6.04 Å².